The SMILES string of the molecule is CCC1(C(C)C)CNC(C(C)=O)C1. The quantitative estimate of drug-likeness (QED) is 0.725. The summed E-state index contributed by atoms with van der Waals surface area (Å²) in [6, 6.07) is 0.113. The van der Waals surface area contributed by atoms with Crippen LogP contribution in [0.3, 0.4) is 0 Å². The fourth-order valence-corrected chi connectivity index (χ4v) is 2.28. The smallest absolute Gasteiger partial charge is 0.146 e. The number of nitrogens with one attached hydrogen (secondary N) is 1. The number of carbonyl (C=O) groups excluding carboxylic acids is 1. The van der Waals surface area contributed by atoms with Crippen molar-refractivity contribution in [3.63, 3.8) is 0 Å². The van der Waals surface area contributed by atoms with Crippen molar-refractivity contribution in [2.45, 2.75) is 46.6 Å². The van der Waals surface area contributed by atoms with Gasteiger partial charge in [0.15, 0.2) is 0 Å². The first-order chi connectivity index (χ1) is 6.02. The molecule has 0 aromatic heterocycles. The van der Waals surface area contributed by atoms with Gasteiger partial charge in [0, 0.05) is 6.54 Å². The van der Waals surface area contributed by atoms with E-state index in [1.54, 1.807) is 6.92 Å². The van der Waals surface area contributed by atoms with Crippen LogP contribution in [0.2, 0.25) is 0 Å². The van der Waals surface area contributed by atoms with Gasteiger partial charge < -0.3 is 5.32 Å². The van der Waals surface area contributed by atoms with Crippen molar-refractivity contribution in [3.8, 4) is 0 Å². The molecule has 2 atom stereocenters. The van der Waals surface area contributed by atoms with Crippen LogP contribution in [-0.4, -0.2) is 18.4 Å². The van der Waals surface area contributed by atoms with Crippen molar-refractivity contribution >= 4 is 5.78 Å². The number of ketones is 1. The van der Waals surface area contributed by atoms with Crippen LogP contribution >= 0.6 is 0 Å². The summed E-state index contributed by atoms with van der Waals surface area (Å²) in [4.78, 5) is 11.2. The second kappa shape index (κ2) is 3.79. The highest BCUT2D eigenvalue weighted by molar-refractivity contribution is 5.81. The first-order valence-corrected chi connectivity index (χ1v) is 5.25. The molecular formula is C11H21NO. The van der Waals surface area contributed by atoms with Crippen LogP contribution in [0.5, 0.6) is 0 Å². The van der Waals surface area contributed by atoms with Crippen molar-refractivity contribution in [3.05, 3.63) is 0 Å². The van der Waals surface area contributed by atoms with E-state index in [0.29, 0.717) is 11.3 Å². The Kier molecular flexibility index (Phi) is 3.12. The second-order valence-corrected chi connectivity index (χ2v) is 4.62. The number of rotatable bonds is 3. The van der Waals surface area contributed by atoms with Crippen LogP contribution < -0.4 is 5.32 Å². The van der Waals surface area contributed by atoms with Gasteiger partial charge in [-0.05, 0) is 31.1 Å². The highest BCUT2D eigenvalue weighted by Crippen LogP contribution is 2.39. The number of hydrogen-bond donors (Lipinski definition) is 1. The van der Waals surface area contributed by atoms with E-state index in [1.807, 2.05) is 0 Å². The first kappa shape index (κ1) is 10.7. The molecule has 1 fully saturated rings. The van der Waals surface area contributed by atoms with Crippen molar-refractivity contribution in [1.29, 1.82) is 0 Å². The molecule has 2 unspecified atom stereocenters. The lowest BCUT2D eigenvalue weighted by Gasteiger charge is -2.31. The molecule has 0 aromatic rings. The Hall–Kier alpha value is -0.370. The minimum absolute atomic E-state index is 0.113. The standard InChI is InChI=1S/C11H21NO/c1-5-11(8(2)3)6-10(9(4)13)12-7-11/h8,10,12H,5-7H2,1-4H3. The molecule has 76 valence electrons. The summed E-state index contributed by atoms with van der Waals surface area (Å²) >= 11 is 0. The lowest BCUT2D eigenvalue weighted by atomic mass is 9.73. The maximum absolute atomic E-state index is 11.2. The van der Waals surface area contributed by atoms with E-state index in [1.165, 1.54) is 6.42 Å². The van der Waals surface area contributed by atoms with E-state index < -0.39 is 0 Å². The molecule has 1 aliphatic rings. The van der Waals surface area contributed by atoms with Gasteiger partial charge in [-0.15, -0.1) is 0 Å². The summed E-state index contributed by atoms with van der Waals surface area (Å²) < 4.78 is 0. The Morgan fingerprint density at radius 1 is 1.62 bits per heavy atom. The second-order valence-electron chi connectivity index (χ2n) is 4.62. The maximum atomic E-state index is 11.2. The predicted octanol–water partition coefficient (Wildman–Crippen LogP) is 1.99. The fourth-order valence-electron chi connectivity index (χ4n) is 2.28. The molecule has 2 heteroatoms. The van der Waals surface area contributed by atoms with E-state index in [4.69, 9.17) is 0 Å². The maximum Gasteiger partial charge on any atom is 0.146 e. The van der Waals surface area contributed by atoms with Gasteiger partial charge in [-0.3, -0.25) is 4.79 Å². The third kappa shape index (κ3) is 1.93. The molecule has 0 saturated carbocycles. The van der Waals surface area contributed by atoms with Gasteiger partial charge in [-0.2, -0.15) is 0 Å². The summed E-state index contributed by atoms with van der Waals surface area (Å²) in [6.07, 6.45) is 2.19. The average molecular weight is 183 g/mol. The molecular weight excluding hydrogens is 162 g/mol. The van der Waals surface area contributed by atoms with Crippen LogP contribution in [-0.2, 0) is 4.79 Å². The topological polar surface area (TPSA) is 29.1 Å². The molecule has 1 aliphatic heterocycles. The van der Waals surface area contributed by atoms with Gasteiger partial charge in [-0.1, -0.05) is 20.8 Å². The Morgan fingerprint density at radius 3 is 2.46 bits per heavy atom. The Bertz CT molecular complexity index is 200. The molecule has 0 aliphatic carbocycles. The molecule has 2 nitrogen and oxygen atoms in total. The summed E-state index contributed by atoms with van der Waals surface area (Å²) in [6.45, 7) is 9.43. The first-order valence-electron chi connectivity index (χ1n) is 5.25. The summed E-state index contributed by atoms with van der Waals surface area (Å²) in [5.74, 6) is 0.949. The Labute approximate surface area is 81.1 Å². The van der Waals surface area contributed by atoms with Crippen molar-refractivity contribution < 1.29 is 4.79 Å². The summed E-state index contributed by atoms with van der Waals surface area (Å²) in [7, 11) is 0. The minimum Gasteiger partial charge on any atom is -0.307 e. The fraction of sp³-hybridized carbons (Fsp3) is 0.909. The van der Waals surface area contributed by atoms with E-state index in [-0.39, 0.29) is 11.8 Å². The molecule has 0 bridgehead atoms. The number of Topliss-reactive ketones (excluding diaryl/α,β-unsaturated/α-hetero) is 1. The molecule has 0 spiro atoms. The molecule has 1 rings (SSSR count). The van der Waals surface area contributed by atoms with E-state index >= 15 is 0 Å². The monoisotopic (exact) mass is 183 g/mol. The third-order valence-corrected chi connectivity index (χ3v) is 3.73. The highest BCUT2D eigenvalue weighted by Gasteiger charge is 2.41. The summed E-state index contributed by atoms with van der Waals surface area (Å²) in [5.41, 5.74) is 0.357. The molecule has 1 N–H and O–H groups in total. The molecule has 0 aromatic carbocycles. The van der Waals surface area contributed by atoms with Gasteiger partial charge >= 0.3 is 0 Å². The van der Waals surface area contributed by atoms with E-state index in [0.717, 1.165) is 13.0 Å². The molecule has 1 saturated heterocycles. The molecule has 0 amide bonds. The van der Waals surface area contributed by atoms with Crippen molar-refractivity contribution in [2.75, 3.05) is 6.54 Å². The molecule has 13 heavy (non-hydrogen) atoms. The number of carbonyl (C=O) groups is 1. The Balaban J connectivity index is 2.68. The minimum atomic E-state index is 0.113. The zero-order chi connectivity index (χ0) is 10.1. The van der Waals surface area contributed by atoms with Gasteiger partial charge in [-0.25, -0.2) is 0 Å². The van der Waals surface area contributed by atoms with Gasteiger partial charge in [0.2, 0.25) is 0 Å². The molecule has 1 heterocycles. The van der Waals surface area contributed by atoms with Crippen LogP contribution in [0.25, 0.3) is 0 Å². The zero-order valence-electron chi connectivity index (χ0n) is 9.18. The average Bonchev–Trinajstić information content (AvgIpc) is 2.49. The third-order valence-electron chi connectivity index (χ3n) is 3.73. The zero-order valence-corrected chi connectivity index (χ0v) is 9.18. The summed E-state index contributed by atoms with van der Waals surface area (Å²) in [5, 5.41) is 3.33. The van der Waals surface area contributed by atoms with Crippen LogP contribution in [0.4, 0.5) is 0 Å². The van der Waals surface area contributed by atoms with Gasteiger partial charge in [0.05, 0.1) is 6.04 Å². The van der Waals surface area contributed by atoms with Crippen LogP contribution in [0.1, 0.15) is 40.5 Å². The molecule has 0 radical (unpaired) electrons. The van der Waals surface area contributed by atoms with E-state index in [2.05, 4.69) is 26.1 Å². The number of hydrogen-bond acceptors (Lipinski definition) is 2. The largest absolute Gasteiger partial charge is 0.307 e. The van der Waals surface area contributed by atoms with E-state index in [9.17, 15) is 4.79 Å². The van der Waals surface area contributed by atoms with Crippen LogP contribution in [0.15, 0.2) is 0 Å². The highest BCUT2D eigenvalue weighted by atomic mass is 16.1. The Morgan fingerprint density at radius 2 is 2.23 bits per heavy atom. The lowest BCUT2D eigenvalue weighted by Crippen LogP contribution is -2.29. The van der Waals surface area contributed by atoms with Crippen molar-refractivity contribution in [2.24, 2.45) is 11.3 Å². The van der Waals surface area contributed by atoms with Crippen molar-refractivity contribution in [1.82, 2.24) is 5.32 Å². The van der Waals surface area contributed by atoms with Gasteiger partial charge in [0.1, 0.15) is 5.78 Å². The lowest BCUT2D eigenvalue weighted by molar-refractivity contribution is -0.118. The normalized spacial score (nSPS) is 34.1. The van der Waals surface area contributed by atoms with Gasteiger partial charge in [0.25, 0.3) is 0 Å². The van der Waals surface area contributed by atoms with Crippen LogP contribution in [0, 0.1) is 11.3 Å². The predicted molar refractivity (Wildman–Crippen MR) is 54.7 cm³/mol.